The molecule has 0 atom stereocenters. The first kappa shape index (κ1) is 26.3. The van der Waals surface area contributed by atoms with Crippen molar-refractivity contribution in [3.05, 3.63) is 144 Å². The van der Waals surface area contributed by atoms with Gasteiger partial charge in [-0.05, 0) is 64.5 Å². The highest BCUT2D eigenvalue weighted by molar-refractivity contribution is 9.10. The summed E-state index contributed by atoms with van der Waals surface area (Å²) in [4.78, 5) is 15.1. The van der Waals surface area contributed by atoms with E-state index in [9.17, 15) is 0 Å². The third-order valence-corrected chi connectivity index (χ3v) is 10.2. The van der Waals surface area contributed by atoms with E-state index in [0.29, 0.717) is 17.5 Å². The van der Waals surface area contributed by atoms with Gasteiger partial charge in [0.2, 0.25) is 0 Å². The van der Waals surface area contributed by atoms with Gasteiger partial charge in [0.25, 0.3) is 0 Å². The van der Waals surface area contributed by atoms with Gasteiger partial charge in [0.15, 0.2) is 17.5 Å². The first-order valence-corrected chi connectivity index (χ1v) is 16.3. The molecular weight excluding hydrogens is 636 g/mol. The van der Waals surface area contributed by atoms with Gasteiger partial charge >= 0.3 is 0 Å². The molecule has 0 amide bonds. The molecule has 4 nitrogen and oxygen atoms in total. The van der Waals surface area contributed by atoms with Gasteiger partial charge in [0, 0.05) is 57.8 Å². The fourth-order valence-corrected chi connectivity index (χ4v) is 8.02. The Hall–Kier alpha value is -5.17. The Bertz CT molecular complexity index is 2550. The van der Waals surface area contributed by atoms with Gasteiger partial charge in [0.1, 0.15) is 0 Å². The molecule has 6 heteroatoms. The van der Waals surface area contributed by atoms with Crippen LogP contribution in [0.25, 0.3) is 81.8 Å². The smallest absolute Gasteiger partial charge is 0.165 e. The molecule has 0 aliphatic heterocycles. The molecule has 45 heavy (non-hydrogen) atoms. The van der Waals surface area contributed by atoms with Crippen LogP contribution in [0.4, 0.5) is 0 Å². The Balaban J connectivity index is 1.22. The number of benzene rings is 6. The summed E-state index contributed by atoms with van der Waals surface area (Å²) in [5.41, 5.74) is 6.29. The zero-order valence-electron chi connectivity index (χ0n) is 23.9. The second-order valence-corrected chi connectivity index (χ2v) is 12.9. The topological polar surface area (TPSA) is 43.6 Å². The number of hydrogen-bond acceptors (Lipinski definition) is 4. The maximum Gasteiger partial charge on any atom is 0.165 e. The highest BCUT2D eigenvalue weighted by atomic mass is 79.9. The van der Waals surface area contributed by atoms with Crippen molar-refractivity contribution in [1.82, 2.24) is 19.5 Å². The summed E-state index contributed by atoms with van der Waals surface area (Å²) in [6, 6.07) is 48.5. The van der Waals surface area contributed by atoms with Crippen molar-refractivity contribution in [3.8, 4) is 39.9 Å². The van der Waals surface area contributed by atoms with Crippen LogP contribution in [0, 0.1) is 0 Å². The molecule has 0 saturated carbocycles. The Morgan fingerprint density at radius 2 is 1.11 bits per heavy atom. The van der Waals surface area contributed by atoms with E-state index in [1.54, 1.807) is 11.3 Å². The maximum atomic E-state index is 5.10. The number of para-hydroxylation sites is 2. The van der Waals surface area contributed by atoms with E-state index in [1.807, 2.05) is 30.3 Å². The van der Waals surface area contributed by atoms with Gasteiger partial charge in [-0.1, -0.05) is 91.0 Å². The van der Waals surface area contributed by atoms with Gasteiger partial charge < -0.3 is 4.57 Å². The summed E-state index contributed by atoms with van der Waals surface area (Å²) in [5, 5.41) is 4.92. The van der Waals surface area contributed by atoms with E-state index >= 15 is 0 Å². The first-order chi connectivity index (χ1) is 22.2. The highest BCUT2D eigenvalue weighted by Gasteiger charge is 2.18. The van der Waals surface area contributed by atoms with Crippen LogP contribution < -0.4 is 0 Å². The van der Waals surface area contributed by atoms with Crippen LogP contribution in [-0.2, 0) is 0 Å². The molecule has 0 bridgehead atoms. The lowest BCUT2D eigenvalue weighted by Gasteiger charge is -2.11. The molecule has 9 aromatic rings. The molecule has 3 aromatic heterocycles. The van der Waals surface area contributed by atoms with Crippen molar-refractivity contribution < 1.29 is 0 Å². The molecule has 9 rings (SSSR count). The van der Waals surface area contributed by atoms with Gasteiger partial charge in [-0.2, -0.15) is 0 Å². The van der Waals surface area contributed by atoms with Crippen molar-refractivity contribution in [1.29, 1.82) is 0 Å². The van der Waals surface area contributed by atoms with E-state index in [1.165, 1.54) is 30.9 Å². The summed E-state index contributed by atoms with van der Waals surface area (Å²) < 4.78 is 5.81. The molecule has 0 unspecified atom stereocenters. The van der Waals surface area contributed by atoms with E-state index in [2.05, 4.69) is 130 Å². The van der Waals surface area contributed by atoms with Gasteiger partial charge in [-0.25, -0.2) is 15.0 Å². The van der Waals surface area contributed by atoms with Crippen LogP contribution in [0.5, 0.6) is 0 Å². The summed E-state index contributed by atoms with van der Waals surface area (Å²) >= 11 is 5.60. The molecule has 212 valence electrons. The molecule has 0 aliphatic carbocycles. The summed E-state index contributed by atoms with van der Waals surface area (Å²) in [5.74, 6) is 1.97. The van der Waals surface area contributed by atoms with Crippen molar-refractivity contribution >= 4 is 69.2 Å². The minimum atomic E-state index is 0.645. The number of nitrogens with zero attached hydrogens (tertiary/aromatic N) is 4. The standard InChI is InChI=1S/C39H23BrN4S/c40-32-17-9-14-29-27-12-4-6-18-33(27)44(35(29)32)26-22-20-25(21-23-26)38-41-37(24-10-2-1-3-11-24)42-39(43-38)31-16-8-15-30-28-13-5-7-19-34(28)45-36(30)31/h1-23H. The predicted octanol–water partition coefficient (Wildman–Crippen LogP) is 11.1. The number of halogens is 1. The average Bonchev–Trinajstić information content (AvgIpc) is 3.65. The Morgan fingerprint density at radius 1 is 0.489 bits per heavy atom. The Kier molecular flexibility index (Phi) is 6.11. The van der Waals surface area contributed by atoms with E-state index in [0.717, 1.165) is 37.9 Å². The third-order valence-electron chi connectivity index (χ3n) is 8.34. The SMILES string of the molecule is Brc1cccc2c3ccccc3n(-c3ccc(-c4nc(-c5ccccc5)nc(-c5cccc6c5sc5ccccc56)n4)cc3)c12. The molecule has 3 heterocycles. The summed E-state index contributed by atoms with van der Waals surface area (Å²) in [7, 11) is 0. The summed E-state index contributed by atoms with van der Waals surface area (Å²) in [6.45, 7) is 0. The van der Waals surface area contributed by atoms with Crippen LogP contribution >= 0.6 is 27.3 Å². The quantitative estimate of drug-likeness (QED) is 0.189. The molecule has 0 saturated heterocycles. The lowest BCUT2D eigenvalue weighted by atomic mass is 10.1. The number of hydrogen-bond donors (Lipinski definition) is 0. The summed E-state index contributed by atoms with van der Waals surface area (Å²) in [6.07, 6.45) is 0. The Labute approximate surface area is 271 Å². The van der Waals surface area contributed by atoms with Gasteiger partial charge in [-0.3, -0.25) is 0 Å². The third kappa shape index (κ3) is 4.29. The molecule has 6 aromatic carbocycles. The molecular formula is C39H23BrN4S. The van der Waals surface area contributed by atoms with E-state index < -0.39 is 0 Å². The Morgan fingerprint density at radius 3 is 1.93 bits per heavy atom. The van der Waals surface area contributed by atoms with Crippen LogP contribution in [0.3, 0.4) is 0 Å². The minimum Gasteiger partial charge on any atom is -0.308 e. The second-order valence-electron chi connectivity index (χ2n) is 11.0. The molecule has 0 spiro atoms. The predicted molar refractivity (Wildman–Crippen MR) is 191 cm³/mol. The first-order valence-electron chi connectivity index (χ1n) is 14.7. The van der Waals surface area contributed by atoms with Crippen LogP contribution in [-0.4, -0.2) is 19.5 Å². The fraction of sp³-hybridized carbons (Fsp3) is 0. The minimum absolute atomic E-state index is 0.645. The van der Waals surface area contributed by atoms with Crippen molar-refractivity contribution in [3.63, 3.8) is 0 Å². The van der Waals surface area contributed by atoms with Crippen LogP contribution in [0.15, 0.2) is 144 Å². The van der Waals surface area contributed by atoms with Crippen molar-refractivity contribution in [2.24, 2.45) is 0 Å². The fourth-order valence-electron chi connectivity index (χ4n) is 6.27. The average molecular weight is 660 g/mol. The lowest BCUT2D eigenvalue weighted by molar-refractivity contribution is 1.08. The normalized spacial score (nSPS) is 11.7. The molecule has 0 N–H and O–H groups in total. The molecule has 0 radical (unpaired) electrons. The molecule has 0 fully saturated rings. The second kappa shape index (κ2) is 10.5. The van der Waals surface area contributed by atoms with Gasteiger partial charge in [0.05, 0.1) is 11.0 Å². The lowest BCUT2D eigenvalue weighted by Crippen LogP contribution is -2.00. The maximum absolute atomic E-state index is 5.10. The van der Waals surface area contributed by atoms with Crippen LogP contribution in [0.2, 0.25) is 0 Å². The monoisotopic (exact) mass is 658 g/mol. The highest BCUT2D eigenvalue weighted by Crippen LogP contribution is 2.40. The number of rotatable bonds is 4. The van der Waals surface area contributed by atoms with Crippen LogP contribution in [0.1, 0.15) is 0 Å². The van der Waals surface area contributed by atoms with Crippen molar-refractivity contribution in [2.75, 3.05) is 0 Å². The zero-order chi connectivity index (χ0) is 29.9. The van der Waals surface area contributed by atoms with E-state index in [-0.39, 0.29) is 0 Å². The van der Waals surface area contributed by atoms with Gasteiger partial charge in [-0.15, -0.1) is 11.3 Å². The molecule has 0 aliphatic rings. The van der Waals surface area contributed by atoms with E-state index in [4.69, 9.17) is 15.0 Å². The largest absolute Gasteiger partial charge is 0.308 e. The number of thiophene rings is 1. The number of fused-ring (bicyclic) bond motifs is 6. The zero-order valence-corrected chi connectivity index (χ0v) is 26.3. The van der Waals surface area contributed by atoms with Crippen molar-refractivity contribution in [2.45, 2.75) is 0 Å². The number of aromatic nitrogens is 4.